The van der Waals surface area contributed by atoms with E-state index in [-0.39, 0.29) is 25.0 Å². The summed E-state index contributed by atoms with van der Waals surface area (Å²) in [5.41, 5.74) is 5.71. The smallest absolute Gasteiger partial charge is 0.328 e. The lowest BCUT2D eigenvalue weighted by Crippen LogP contribution is -2.35. The molecule has 0 aliphatic rings. The molecular formula is C14H18N4O3S. The Morgan fingerprint density at radius 3 is 2.77 bits per heavy atom. The van der Waals surface area contributed by atoms with Gasteiger partial charge in [0.25, 0.3) is 11.5 Å². The molecule has 2 aromatic rings. The average molecular weight is 322 g/mol. The van der Waals surface area contributed by atoms with Gasteiger partial charge in [-0.15, -0.1) is 11.3 Å². The molecule has 7 nitrogen and oxygen atoms in total. The van der Waals surface area contributed by atoms with Gasteiger partial charge < -0.3 is 11.1 Å². The van der Waals surface area contributed by atoms with Crippen molar-refractivity contribution in [3.63, 3.8) is 0 Å². The zero-order valence-electron chi connectivity index (χ0n) is 12.4. The Bertz CT molecular complexity index is 788. The van der Waals surface area contributed by atoms with Crippen LogP contribution in [0.5, 0.6) is 0 Å². The van der Waals surface area contributed by atoms with Crippen LogP contribution in [0.25, 0.3) is 0 Å². The maximum absolute atomic E-state index is 12.1. The van der Waals surface area contributed by atoms with E-state index in [0.29, 0.717) is 10.4 Å². The van der Waals surface area contributed by atoms with Crippen molar-refractivity contribution in [2.45, 2.75) is 33.0 Å². The molecule has 8 heteroatoms. The summed E-state index contributed by atoms with van der Waals surface area (Å²) in [7, 11) is 0. The number of thiophene rings is 1. The van der Waals surface area contributed by atoms with Crippen molar-refractivity contribution >= 4 is 17.2 Å². The topological polar surface area (TPSA) is 110 Å². The third kappa shape index (κ3) is 3.34. The van der Waals surface area contributed by atoms with Gasteiger partial charge in [-0.3, -0.25) is 19.1 Å². The monoisotopic (exact) mass is 322 g/mol. The summed E-state index contributed by atoms with van der Waals surface area (Å²) < 4.78 is 1.42. The van der Waals surface area contributed by atoms with Crippen molar-refractivity contribution < 1.29 is 4.79 Å². The molecule has 0 fully saturated rings. The van der Waals surface area contributed by atoms with Crippen LogP contribution in [-0.4, -0.2) is 15.5 Å². The molecule has 4 N–H and O–H groups in total. The first-order valence-electron chi connectivity index (χ1n) is 6.83. The van der Waals surface area contributed by atoms with E-state index in [0.717, 1.165) is 5.56 Å². The van der Waals surface area contributed by atoms with Crippen molar-refractivity contribution in [1.29, 1.82) is 0 Å². The minimum atomic E-state index is -0.493. The van der Waals surface area contributed by atoms with E-state index in [2.05, 4.69) is 10.3 Å². The van der Waals surface area contributed by atoms with E-state index in [1.54, 1.807) is 11.4 Å². The number of hydrogen-bond acceptors (Lipinski definition) is 5. The van der Waals surface area contributed by atoms with Crippen molar-refractivity contribution in [2.75, 3.05) is 0 Å². The number of nitrogens with two attached hydrogens (primary N) is 1. The molecule has 0 aromatic carbocycles. The van der Waals surface area contributed by atoms with E-state index >= 15 is 0 Å². The van der Waals surface area contributed by atoms with Gasteiger partial charge in [-0.05, 0) is 30.9 Å². The zero-order chi connectivity index (χ0) is 16.3. The normalized spacial score (nSPS) is 10.9. The lowest BCUT2D eigenvalue weighted by molar-refractivity contribution is 0.0954. The minimum absolute atomic E-state index is 0.0447. The standard InChI is InChI=1S/C14H18N4O3S/c1-8(2)18-7-10(12(19)17-14(18)21)6-16-13(20)11-9(5-15)3-4-22-11/h3-4,7-8H,5-6,15H2,1-2H3,(H,16,20)(H,17,19,21). The lowest BCUT2D eigenvalue weighted by atomic mass is 10.2. The summed E-state index contributed by atoms with van der Waals surface area (Å²) in [6.45, 7) is 4.00. The lowest BCUT2D eigenvalue weighted by Gasteiger charge is -2.11. The first-order valence-corrected chi connectivity index (χ1v) is 7.71. The van der Waals surface area contributed by atoms with Crippen LogP contribution in [0, 0.1) is 0 Å². The number of carbonyl (C=O) groups is 1. The molecule has 0 bridgehead atoms. The molecule has 0 saturated heterocycles. The van der Waals surface area contributed by atoms with Crippen LogP contribution in [0.3, 0.4) is 0 Å². The predicted octanol–water partition coefficient (Wildman–Crippen LogP) is 0.568. The van der Waals surface area contributed by atoms with Crippen LogP contribution >= 0.6 is 11.3 Å². The highest BCUT2D eigenvalue weighted by molar-refractivity contribution is 7.12. The quantitative estimate of drug-likeness (QED) is 0.747. The predicted molar refractivity (Wildman–Crippen MR) is 85.1 cm³/mol. The van der Waals surface area contributed by atoms with Crippen LogP contribution in [0.2, 0.25) is 0 Å². The first-order chi connectivity index (χ1) is 10.4. The second-order valence-electron chi connectivity index (χ2n) is 5.08. The Morgan fingerprint density at radius 2 is 2.14 bits per heavy atom. The maximum atomic E-state index is 12.1. The number of aromatic nitrogens is 2. The first kappa shape index (κ1) is 16.2. The van der Waals surface area contributed by atoms with Crippen LogP contribution in [0.4, 0.5) is 0 Å². The molecule has 0 aliphatic carbocycles. The fourth-order valence-electron chi connectivity index (χ4n) is 1.99. The van der Waals surface area contributed by atoms with Gasteiger partial charge in [-0.2, -0.15) is 0 Å². The van der Waals surface area contributed by atoms with Crippen molar-refractivity contribution in [3.8, 4) is 0 Å². The number of nitrogens with zero attached hydrogens (tertiary/aromatic N) is 1. The molecular weight excluding hydrogens is 304 g/mol. The van der Waals surface area contributed by atoms with Crippen molar-refractivity contribution in [3.05, 3.63) is 54.5 Å². The van der Waals surface area contributed by atoms with Crippen molar-refractivity contribution in [2.24, 2.45) is 5.73 Å². The molecule has 0 spiro atoms. The van der Waals surface area contributed by atoms with Gasteiger partial charge in [-0.25, -0.2) is 4.79 Å². The number of H-pyrrole nitrogens is 1. The average Bonchev–Trinajstić information content (AvgIpc) is 2.94. The molecule has 22 heavy (non-hydrogen) atoms. The molecule has 0 aliphatic heterocycles. The highest BCUT2D eigenvalue weighted by Gasteiger charge is 2.13. The molecule has 118 valence electrons. The number of nitrogens with one attached hydrogen (secondary N) is 2. The summed E-state index contributed by atoms with van der Waals surface area (Å²) in [6, 6.07) is 1.71. The molecule has 0 atom stereocenters. The zero-order valence-corrected chi connectivity index (χ0v) is 13.2. The van der Waals surface area contributed by atoms with Gasteiger partial charge in [0.2, 0.25) is 0 Å². The summed E-state index contributed by atoms with van der Waals surface area (Å²) >= 11 is 1.30. The fraction of sp³-hybridized carbons (Fsp3) is 0.357. The second-order valence-corrected chi connectivity index (χ2v) is 5.99. The molecule has 2 heterocycles. The van der Waals surface area contributed by atoms with E-state index in [4.69, 9.17) is 5.73 Å². The molecule has 1 amide bonds. The highest BCUT2D eigenvalue weighted by Crippen LogP contribution is 2.15. The minimum Gasteiger partial charge on any atom is -0.347 e. The van der Waals surface area contributed by atoms with Gasteiger partial charge in [0.05, 0.1) is 17.0 Å². The van der Waals surface area contributed by atoms with Gasteiger partial charge in [0.1, 0.15) is 0 Å². The number of hydrogen-bond donors (Lipinski definition) is 3. The molecule has 2 rings (SSSR count). The second kappa shape index (κ2) is 6.71. The SMILES string of the molecule is CC(C)n1cc(CNC(=O)c2sccc2CN)c(=O)[nH]c1=O. The Hall–Kier alpha value is -2.19. The number of carbonyl (C=O) groups excluding carboxylic acids is 1. The van der Waals surface area contributed by atoms with Crippen LogP contribution < -0.4 is 22.3 Å². The molecule has 2 aromatic heterocycles. The molecule has 0 unspecified atom stereocenters. The Kier molecular flexibility index (Phi) is 4.94. The summed E-state index contributed by atoms with van der Waals surface area (Å²) in [6.07, 6.45) is 1.48. The van der Waals surface area contributed by atoms with Crippen molar-refractivity contribution in [1.82, 2.24) is 14.9 Å². The molecule has 0 radical (unpaired) electrons. The van der Waals surface area contributed by atoms with Gasteiger partial charge in [0.15, 0.2) is 0 Å². The van der Waals surface area contributed by atoms with Crippen LogP contribution in [-0.2, 0) is 13.1 Å². The number of amides is 1. The van der Waals surface area contributed by atoms with Crippen LogP contribution in [0.15, 0.2) is 27.2 Å². The van der Waals surface area contributed by atoms with Crippen LogP contribution in [0.1, 0.15) is 40.7 Å². The summed E-state index contributed by atoms with van der Waals surface area (Å²) in [5.74, 6) is -0.280. The third-order valence-electron chi connectivity index (χ3n) is 3.21. The van der Waals surface area contributed by atoms with Gasteiger partial charge in [0, 0.05) is 18.8 Å². The fourth-order valence-corrected chi connectivity index (χ4v) is 2.84. The maximum Gasteiger partial charge on any atom is 0.328 e. The van der Waals surface area contributed by atoms with E-state index in [1.807, 2.05) is 13.8 Å². The van der Waals surface area contributed by atoms with E-state index < -0.39 is 11.2 Å². The van der Waals surface area contributed by atoms with E-state index in [9.17, 15) is 14.4 Å². The highest BCUT2D eigenvalue weighted by atomic mass is 32.1. The number of aromatic amines is 1. The molecule has 0 saturated carbocycles. The Labute approximate surface area is 130 Å². The van der Waals surface area contributed by atoms with Gasteiger partial charge in [-0.1, -0.05) is 0 Å². The number of rotatable bonds is 5. The summed E-state index contributed by atoms with van der Waals surface area (Å²) in [4.78, 5) is 38.4. The third-order valence-corrected chi connectivity index (χ3v) is 4.17. The largest absolute Gasteiger partial charge is 0.347 e. The summed E-state index contributed by atoms with van der Waals surface area (Å²) in [5, 5.41) is 4.48. The Morgan fingerprint density at radius 1 is 1.41 bits per heavy atom. The Balaban J connectivity index is 2.18. The van der Waals surface area contributed by atoms with E-state index in [1.165, 1.54) is 22.1 Å². The van der Waals surface area contributed by atoms with Gasteiger partial charge >= 0.3 is 5.69 Å².